The molecule has 0 aliphatic heterocycles. The Hall–Kier alpha value is -2.62. The maximum Gasteiger partial charge on any atom is 0.129 e. The maximum absolute atomic E-state index is 13.1. The Balaban J connectivity index is 1.90. The molecular formula is C17H15FN2O. The molecule has 0 saturated carbocycles. The number of halogens is 1. The molecule has 0 atom stereocenters. The first-order valence-electron chi connectivity index (χ1n) is 6.66. The lowest BCUT2D eigenvalue weighted by Crippen LogP contribution is -2.00. The van der Waals surface area contributed by atoms with Gasteiger partial charge in [0.15, 0.2) is 0 Å². The first-order chi connectivity index (χ1) is 10.1. The summed E-state index contributed by atoms with van der Waals surface area (Å²) < 4.78 is 19.0. The largest absolute Gasteiger partial charge is 0.488 e. The molecule has 2 aromatic carbocycles. The number of rotatable bonds is 3. The van der Waals surface area contributed by atoms with Gasteiger partial charge in [0.25, 0.3) is 0 Å². The van der Waals surface area contributed by atoms with E-state index < -0.39 is 0 Å². The third-order valence-corrected chi connectivity index (χ3v) is 3.45. The zero-order valence-electron chi connectivity index (χ0n) is 11.6. The second kappa shape index (κ2) is 5.40. The highest BCUT2D eigenvalue weighted by Gasteiger charge is 2.07. The van der Waals surface area contributed by atoms with Gasteiger partial charge in [-0.2, -0.15) is 0 Å². The minimum absolute atomic E-state index is 0.238. The van der Waals surface area contributed by atoms with Crippen LogP contribution in [0.15, 0.2) is 48.7 Å². The molecule has 3 nitrogen and oxygen atoms in total. The van der Waals surface area contributed by atoms with Gasteiger partial charge >= 0.3 is 0 Å². The molecule has 3 aromatic rings. The normalized spacial score (nSPS) is 10.8. The molecule has 0 unspecified atom stereocenters. The van der Waals surface area contributed by atoms with Crippen molar-refractivity contribution in [2.24, 2.45) is 0 Å². The van der Waals surface area contributed by atoms with E-state index in [-0.39, 0.29) is 5.82 Å². The number of benzene rings is 2. The third kappa shape index (κ3) is 2.65. The summed E-state index contributed by atoms with van der Waals surface area (Å²) in [6.45, 7) is 2.24. The lowest BCUT2D eigenvalue weighted by molar-refractivity contribution is 0.309. The van der Waals surface area contributed by atoms with Crippen LogP contribution >= 0.6 is 0 Å². The van der Waals surface area contributed by atoms with Crippen LogP contribution in [0.25, 0.3) is 10.9 Å². The van der Waals surface area contributed by atoms with Crippen LogP contribution in [0.3, 0.4) is 0 Å². The van der Waals surface area contributed by atoms with Crippen LogP contribution in [-0.4, -0.2) is 4.98 Å². The molecule has 0 bridgehead atoms. The standard InChI is InChI=1S/C17H15FN2O/c1-11-9-13(18)5-4-12(11)10-21-16-7-6-15(19)17-14(16)3-2-8-20-17/h2-9H,10,19H2,1H3. The number of aryl methyl sites for hydroxylation is 1. The summed E-state index contributed by atoms with van der Waals surface area (Å²) in [6.07, 6.45) is 1.70. The quantitative estimate of drug-likeness (QED) is 0.742. The summed E-state index contributed by atoms with van der Waals surface area (Å²) >= 11 is 0. The Morgan fingerprint density at radius 3 is 2.86 bits per heavy atom. The lowest BCUT2D eigenvalue weighted by Gasteiger charge is -2.11. The highest BCUT2D eigenvalue weighted by atomic mass is 19.1. The van der Waals surface area contributed by atoms with Crippen LogP contribution in [-0.2, 0) is 6.61 Å². The fourth-order valence-electron chi connectivity index (χ4n) is 2.27. The first-order valence-corrected chi connectivity index (χ1v) is 6.66. The molecule has 1 aromatic heterocycles. The van der Waals surface area contributed by atoms with Gasteiger partial charge < -0.3 is 10.5 Å². The van der Waals surface area contributed by atoms with E-state index in [1.54, 1.807) is 18.3 Å². The Morgan fingerprint density at radius 1 is 1.19 bits per heavy atom. The van der Waals surface area contributed by atoms with E-state index in [9.17, 15) is 4.39 Å². The smallest absolute Gasteiger partial charge is 0.129 e. The molecule has 0 saturated heterocycles. The number of ether oxygens (including phenoxy) is 1. The second-order valence-corrected chi connectivity index (χ2v) is 4.91. The van der Waals surface area contributed by atoms with Crippen molar-refractivity contribution in [2.45, 2.75) is 13.5 Å². The van der Waals surface area contributed by atoms with E-state index in [0.29, 0.717) is 12.3 Å². The maximum atomic E-state index is 13.1. The van der Waals surface area contributed by atoms with Gasteiger partial charge in [-0.05, 0) is 54.4 Å². The lowest BCUT2D eigenvalue weighted by atomic mass is 10.1. The molecule has 1 heterocycles. The van der Waals surface area contributed by atoms with Crippen LogP contribution in [0.4, 0.5) is 10.1 Å². The fraction of sp³-hybridized carbons (Fsp3) is 0.118. The Labute approximate surface area is 122 Å². The number of nitrogens with two attached hydrogens (primary N) is 1. The van der Waals surface area contributed by atoms with E-state index in [1.807, 2.05) is 25.1 Å². The average Bonchev–Trinajstić information content (AvgIpc) is 2.48. The Kier molecular flexibility index (Phi) is 3.44. The summed E-state index contributed by atoms with van der Waals surface area (Å²) in [5.74, 6) is 0.481. The van der Waals surface area contributed by atoms with Crippen molar-refractivity contribution in [3.8, 4) is 5.75 Å². The van der Waals surface area contributed by atoms with Gasteiger partial charge in [-0.1, -0.05) is 6.07 Å². The predicted octanol–water partition coefficient (Wildman–Crippen LogP) is 3.84. The van der Waals surface area contributed by atoms with Crippen molar-refractivity contribution in [1.82, 2.24) is 4.98 Å². The topological polar surface area (TPSA) is 48.1 Å². The molecule has 2 N–H and O–H groups in total. The van der Waals surface area contributed by atoms with Crippen molar-refractivity contribution < 1.29 is 9.13 Å². The second-order valence-electron chi connectivity index (χ2n) is 4.91. The summed E-state index contributed by atoms with van der Waals surface area (Å²) in [7, 11) is 0. The molecule has 0 aliphatic rings. The van der Waals surface area contributed by atoms with Crippen molar-refractivity contribution in [3.63, 3.8) is 0 Å². The third-order valence-electron chi connectivity index (χ3n) is 3.45. The van der Waals surface area contributed by atoms with E-state index >= 15 is 0 Å². The number of anilines is 1. The van der Waals surface area contributed by atoms with E-state index in [4.69, 9.17) is 10.5 Å². The number of nitrogen functional groups attached to an aromatic ring is 1. The van der Waals surface area contributed by atoms with E-state index in [1.165, 1.54) is 12.1 Å². The Morgan fingerprint density at radius 2 is 2.05 bits per heavy atom. The SMILES string of the molecule is Cc1cc(F)ccc1COc1ccc(N)c2ncccc12. The molecule has 0 fully saturated rings. The van der Waals surface area contributed by atoms with Crippen LogP contribution in [0, 0.1) is 12.7 Å². The highest BCUT2D eigenvalue weighted by Crippen LogP contribution is 2.29. The fourth-order valence-corrected chi connectivity index (χ4v) is 2.27. The number of nitrogens with zero attached hydrogens (tertiary/aromatic N) is 1. The molecule has 0 radical (unpaired) electrons. The molecule has 4 heteroatoms. The highest BCUT2D eigenvalue weighted by molar-refractivity contribution is 5.93. The van der Waals surface area contributed by atoms with Crippen LogP contribution < -0.4 is 10.5 Å². The van der Waals surface area contributed by atoms with E-state index in [2.05, 4.69) is 4.98 Å². The van der Waals surface area contributed by atoms with Gasteiger partial charge in [-0.3, -0.25) is 4.98 Å². The first kappa shape index (κ1) is 13.4. The minimum atomic E-state index is -0.238. The molecule has 106 valence electrons. The van der Waals surface area contributed by atoms with Crippen LogP contribution in [0.5, 0.6) is 5.75 Å². The Bertz CT molecular complexity index is 802. The van der Waals surface area contributed by atoms with E-state index in [0.717, 1.165) is 27.8 Å². The van der Waals surface area contributed by atoms with Crippen molar-refractivity contribution >= 4 is 16.6 Å². The molecule has 0 spiro atoms. The number of fused-ring (bicyclic) bond motifs is 1. The number of pyridine rings is 1. The number of hydrogen-bond acceptors (Lipinski definition) is 3. The van der Waals surface area contributed by atoms with Crippen molar-refractivity contribution in [1.29, 1.82) is 0 Å². The van der Waals surface area contributed by atoms with Gasteiger partial charge in [-0.25, -0.2) is 4.39 Å². The van der Waals surface area contributed by atoms with Gasteiger partial charge in [0, 0.05) is 11.6 Å². The monoisotopic (exact) mass is 282 g/mol. The number of hydrogen-bond donors (Lipinski definition) is 1. The van der Waals surface area contributed by atoms with Crippen LogP contribution in [0.2, 0.25) is 0 Å². The van der Waals surface area contributed by atoms with Gasteiger partial charge in [0.2, 0.25) is 0 Å². The van der Waals surface area contributed by atoms with Gasteiger partial charge in [-0.15, -0.1) is 0 Å². The minimum Gasteiger partial charge on any atom is -0.488 e. The van der Waals surface area contributed by atoms with Gasteiger partial charge in [0.05, 0.1) is 11.2 Å². The van der Waals surface area contributed by atoms with Crippen LogP contribution in [0.1, 0.15) is 11.1 Å². The zero-order valence-corrected chi connectivity index (χ0v) is 11.6. The number of aromatic nitrogens is 1. The molecule has 21 heavy (non-hydrogen) atoms. The molecule has 3 rings (SSSR count). The molecule has 0 amide bonds. The summed E-state index contributed by atoms with van der Waals surface area (Å²) in [5, 5.41) is 0.872. The summed E-state index contributed by atoms with van der Waals surface area (Å²) in [5.41, 5.74) is 9.08. The summed E-state index contributed by atoms with van der Waals surface area (Å²) in [4.78, 5) is 4.27. The predicted molar refractivity (Wildman–Crippen MR) is 81.6 cm³/mol. The summed E-state index contributed by atoms with van der Waals surface area (Å²) in [6, 6.07) is 12.1. The van der Waals surface area contributed by atoms with Gasteiger partial charge in [0.1, 0.15) is 18.2 Å². The zero-order chi connectivity index (χ0) is 14.8. The van der Waals surface area contributed by atoms with Crippen molar-refractivity contribution in [3.05, 3.63) is 65.6 Å². The average molecular weight is 282 g/mol. The molecular weight excluding hydrogens is 267 g/mol. The molecule has 0 aliphatic carbocycles. The van der Waals surface area contributed by atoms with Crippen molar-refractivity contribution in [2.75, 3.05) is 5.73 Å².